The van der Waals surface area contributed by atoms with Crippen LogP contribution in [0, 0.1) is 0 Å². The van der Waals surface area contributed by atoms with Crippen LogP contribution in [0.15, 0.2) is 30.3 Å². The minimum atomic E-state index is -1.40. The van der Waals surface area contributed by atoms with E-state index >= 15 is 0 Å². The molecule has 7 nitrogen and oxygen atoms in total. The number of pyridine rings is 1. The van der Waals surface area contributed by atoms with Gasteiger partial charge >= 0.3 is 19.5 Å². The van der Waals surface area contributed by atoms with Crippen LogP contribution >= 0.6 is 0 Å². The van der Waals surface area contributed by atoms with Gasteiger partial charge in [0, 0.05) is 19.6 Å². The zero-order chi connectivity index (χ0) is 15.4. The van der Waals surface area contributed by atoms with E-state index in [-0.39, 0.29) is 37.3 Å². The number of carboxylic acids is 2. The summed E-state index contributed by atoms with van der Waals surface area (Å²) in [6, 6.07) is 8.01. The number of hydrogen-bond acceptors (Lipinski definition) is 7. The van der Waals surface area contributed by atoms with E-state index in [0.717, 1.165) is 4.90 Å². The second-order valence-electron chi connectivity index (χ2n) is 4.52. The summed E-state index contributed by atoms with van der Waals surface area (Å²) in [6.45, 7) is -1.16. The van der Waals surface area contributed by atoms with Gasteiger partial charge < -0.3 is 24.9 Å². The Morgan fingerprint density at radius 1 is 1.05 bits per heavy atom. The van der Waals surface area contributed by atoms with Gasteiger partial charge in [0.2, 0.25) is 0 Å². The van der Waals surface area contributed by atoms with Gasteiger partial charge in [-0.1, -0.05) is 30.0 Å². The molecule has 0 aliphatic carbocycles. The number of fused-ring (bicyclic) bond motifs is 1. The zero-order valence-electron chi connectivity index (χ0n) is 11.3. The van der Waals surface area contributed by atoms with Crippen LogP contribution in [0.4, 0.5) is 0 Å². The van der Waals surface area contributed by atoms with E-state index in [1.807, 2.05) is 0 Å². The Labute approximate surface area is 139 Å². The fourth-order valence-corrected chi connectivity index (χ4v) is 2.01. The summed E-state index contributed by atoms with van der Waals surface area (Å²) in [4.78, 5) is 26.5. The molecule has 0 N–H and O–H groups in total. The quantitative estimate of drug-likeness (QED) is 0.507. The van der Waals surface area contributed by atoms with Gasteiger partial charge in [-0.3, -0.25) is 9.88 Å². The van der Waals surface area contributed by atoms with Crippen molar-refractivity contribution in [2.75, 3.05) is 13.1 Å². The molecule has 0 bridgehead atoms. The van der Waals surface area contributed by atoms with E-state index in [4.69, 9.17) is 0 Å². The Morgan fingerprint density at radius 2 is 1.68 bits per heavy atom. The molecular weight excluding hydrogens is 377 g/mol. The van der Waals surface area contributed by atoms with Gasteiger partial charge in [-0.25, -0.2) is 0 Å². The molecule has 0 aliphatic heterocycles. The number of aliphatic carboxylic acids is 2. The van der Waals surface area contributed by atoms with Gasteiger partial charge in [0.25, 0.3) is 0 Å². The Hall–Kier alpha value is -2.05. The van der Waals surface area contributed by atoms with Crippen molar-refractivity contribution in [1.29, 1.82) is 0 Å². The summed E-state index contributed by atoms with van der Waals surface area (Å²) in [5.41, 5.74) is 0.658. The Morgan fingerprint density at radius 3 is 2.27 bits per heavy atom. The molecule has 1 radical (unpaired) electrons. The van der Waals surface area contributed by atoms with Gasteiger partial charge in [-0.05, 0) is 11.5 Å². The van der Waals surface area contributed by atoms with Crippen molar-refractivity contribution in [1.82, 2.24) is 9.88 Å². The standard InChI is InChI=1S/C14H14N2O5.Ru/c17-11-3-1-2-9-4-5-10(15-14(9)11)6-16(7-12(18)19)8-13(20)21;/h1-5,17H,6-8H2,(H,18,19)(H,20,21);/q;+3/p-3. The van der Waals surface area contributed by atoms with Crippen LogP contribution in [0.5, 0.6) is 5.75 Å². The molecule has 0 spiro atoms. The number of hydrogen-bond donors (Lipinski definition) is 0. The van der Waals surface area contributed by atoms with Crippen molar-refractivity contribution >= 4 is 22.8 Å². The normalized spacial score (nSPS) is 10.4. The maximum absolute atomic E-state index is 11.7. The first kappa shape index (κ1) is 18.0. The van der Waals surface area contributed by atoms with Crippen LogP contribution in [0.25, 0.3) is 10.9 Å². The van der Waals surface area contributed by atoms with Crippen LogP contribution in [0.1, 0.15) is 5.69 Å². The Bertz CT molecular complexity index is 676. The summed E-state index contributed by atoms with van der Waals surface area (Å²) in [7, 11) is 0. The van der Waals surface area contributed by atoms with Crippen LogP contribution in [-0.4, -0.2) is 34.9 Å². The van der Waals surface area contributed by atoms with Crippen molar-refractivity contribution in [3.05, 3.63) is 36.0 Å². The van der Waals surface area contributed by atoms with Crippen molar-refractivity contribution in [3.8, 4) is 5.75 Å². The van der Waals surface area contributed by atoms with E-state index in [1.165, 1.54) is 6.07 Å². The fraction of sp³-hybridized carbons (Fsp3) is 0.214. The number of carboxylic acid groups (broad SMARTS) is 2. The summed E-state index contributed by atoms with van der Waals surface area (Å²) in [6.07, 6.45) is 0. The van der Waals surface area contributed by atoms with Crippen LogP contribution in [0.3, 0.4) is 0 Å². The van der Waals surface area contributed by atoms with E-state index in [0.29, 0.717) is 11.1 Å². The number of para-hydroxylation sites is 1. The molecule has 115 valence electrons. The maximum Gasteiger partial charge on any atom is 3.00 e. The van der Waals surface area contributed by atoms with E-state index in [9.17, 15) is 24.9 Å². The molecule has 0 saturated carbocycles. The number of benzene rings is 1. The van der Waals surface area contributed by atoms with Crippen molar-refractivity contribution in [3.63, 3.8) is 0 Å². The molecule has 1 heterocycles. The first-order valence-corrected chi connectivity index (χ1v) is 6.13. The largest absolute Gasteiger partial charge is 3.00 e. The molecule has 22 heavy (non-hydrogen) atoms. The molecule has 2 aromatic rings. The molecule has 1 aromatic heterocycles. The molecule has 0 atom stereocenters. The smallest absolute Gasteiger partial charge is 0.871 e. The minimum Gasteiger partial charge on any atom is -0.871 e. The fourth-order valence-electron chi connectivity index (χ4n) is 2.01. The summed E-state index contributed by atoms with van der Waals surface area (Å²) in [5.74, 6) is -3.05. The van der Waals surface area contributed by atoms with Gasteiger partial charge in [0.15, 0.2) is 0 Å². The molecule has 8 heteroatoms. The predicted molar refractivity (Wildman–Crippen MR) is 66.5 cm³/mol. The van der Waals surface area contributed by atoms with Gasteiger partial charge in [0.1, 0.15) is 0 Å². The molecule has 0 amide bonds. The predicted octanol–water partition coefficient (Wildman–Crippen LogP) is -2.39. The molecule has 0 aliphatic rings. The third kappa shape index (κ3) is 4.75. The van der Waals surface area contributed by atoms with Crippen LogP contribution in [0.2, 0.25) is 0 Å². The second kappa shape index (κ2) is 7.82. The number of nitrogens with zero attached hydrogens (tertiary/aromatic N) is 2. The number of aromatic nitrogens is 1. The summed E-state index contributed by atoms with van der Waals surface area (Å²) in [5, 5.41) is 33.6. The van der Waals surface area contributed by atoms with Gasteiger partial charge in [0.05, 0.1) is 23.1 Å². The van der Waals surface area contributed by atoms with Crippen molar-refractivity contribution < 1.29 is 44.4 Å². The summed E-state index contributed by atoms with van der Waals surface area (Å²) < 4.78 is 0. The molecule has 0 saturated heterocycles. The Kier molecular flexibility index (Phi) is 6.40. The SMILES string of the molecule is O=C([O-])CN(CC(=O)[O-])Cc1ccc2cccc([O-])c2n1.[Ru+3]. The average molecular weight is 388 g/mol. The van der Waals surface area contributed by atoms with E-state index < -0.39 is 25.0 Å². The van der Waals surface area contributed by atoms with E-state index in [1.54, 1.807) is 24.3 Å². The van der Waals surface area contributed by atoms with Crippen molar-refractivity contribution in [2.24, 2.45) is 0 Å². The first-order valence-electron chi connectivity index (χ1n) is 6.13. The number of carbonyl (C=O) groups excluding carboxylic acids is 2. The average Bonchev–Trinajstić information content (AvgIpc) is 2.38. The third-order valence-electron chi connectivity index (χ3n) is 2.83. The van der Waals surface area contributed by atoms with Crippen LogP contribution < -0.4 is 15.3 Å². The monoisotopic (exact) mass is 389 g/mol. The topological polar surface area (TPSA) is 119 Å². The van der Waals surface area contributed by atoms with E-state index in [2.05, 4.69) is 4.98 Å². The maximum atomic E-state index is 11.7. The first-order chi connectivity index (χ1) is 9.95. The second-order valence-corrected chi connectivity index (χ2v) is 4.52. The minimum absolute atomic E-state index is 0. The number of carbonyl (C=O) groups is 2. The Balaban J connectivity index is 0.00000242. The zero-order valence-corrected chi connectivity index (χ0v) is 13.0. The molecule has 2 rings (SSSR count). The van der Waals surface area contributed by atoms with Crippen LogP contribution in [-0.2, 0) is 35.6 Å². The third-order valence-corrected chi connectivity index (χ3v) is 2.83. The summed E-state index contributed by atoms with van der Waals surface area (Å²) >= 11 is 0. The molecule has 0 unspecified atom stereocenters. The van der Waals surface area contributed by atoms with Gasteiger partial charge in [-0.2, -0.15) is 0 Å². The molecule has 0 fully saturated rings. The molecular formula is C14H11N2O5Ru. The van der Waals surface area contributed by atoms with Gasteiger partial charge in [-0.15, -0.1) is 0 Å². The van der Waals surface area contributed by atoms with Crippen molar-refractivity contribution in [2.45, 2.75) is 6.54 Å². The molecule has 1 aromatic carbocycles. The number of rotatable bonds is 6.